The van der Waals surface area contributed by atoms with E-state index in [2.05, 4.69) is 29.8 Å². The van der Waals surface area contributed by atoms with Gasteiger partial charge in [0.05, 0.1) is 0 Å². The monoisotopic (exact) mass is 379 g/mol. The molecule has 0 N–H and O–H groups in total. The van der Waals surface area contributed by atoms with Gasteiger partial charge in [0.15, 0.2) is 0 Å². The molecule has 1 aromatic carbocycles. The van der Waals surface area contributed by atoms with Crippen LogP contribution in [-0.4, -0.2) is 52.9 Å². The van der Waals surface area contributed by atoms with E-state index in [1.807, 2.05) is 47.6 Å². The number of aromatic nitrogens is 1. The summed E-state index contributed by atoms with van der Waals surface area (Å²) in [6.07, 6.45) is 9.45. The van der Waals surface area contributed by atoms with E-state index in [0.717, 1.165) is 57.4 Å². The van der Waals surface area contributed by atoms with Crippen LogP contribution in [0, 0.1) is 6.92 Å². The number of hydrogen-bond acceptors (Lipinski definition) is 3. The van der Waals surface area contributed by atoms with Crippen molar-refractivity contribution < 1.29 is 4.79 Å². The Morgan fingerprint density at radius 3 is 2.57 bits per heavy atom. The van der Waals surface area contributed by atoms with Gasteiger partial charge < -0.3 is 9.80 Å². The number of aryl methyl sites for hydroxylation is 2. The minimum absolute atomic E-state index is 0.174. The highest BCUT2D eigenvalue weighted by molar-refractivity contribution is 5.94. The fourth-order valence-corrected chi connectivity index (χ4v) is 4.19. The number of carbonyl (C=O) groups is 1. The molecule has 1 aliphatic rings. The maximum atomic E-state index is 12.7. The second kappa shape index (κ2) is 10.4. The van der Waals surface area contributed by atoms with Crippen LogP contribution < -0.4 is 0 Å². The van der Waals surface area contributed by atoms with E-state index in [0.29, 0.717) is 6.04 Å². The van der Waals surface area contributed by atoms with Crippen LogP contribution in [0.15, 0.2) is 48.8 Å². The molecule has 1 aliphatic heterocycles. The van der Waals surface area contributed by atoms with E-state index in [9.17, 15) is 4.79 Å². The van der Waals surface area contributed by atoms with Gasteiger partial charge in [-0.15, -0.1) is 0 Å². The first kappa shape index (κ1) is 20.5. The van der Waals surface area contributed by atoms with Crippen LogP contribution in [-0.2, 0) is 6.42 Å². The molecule has 0 radical (unpaired) electrons. The summed E-state index contributed by atoms with van der Waals surface area (Å²) in [6, 6.07) is 12.3. The third kappa shape index (κ3) is 5.41. The SMILES string of the molecule is CCCN(CCCc1cnccc1C)C1CCN(C(=O)c2ccccc2)CC1. The van der Waals surface area contributed by atoms with E-state index in [1.165, 1.54) is 17.5 Å². The predicted octanol–water partition coefficient (Wildman–Crippen LogP) is 4.34. The number of nitrogens with zero attached hydrogens (tertiary/aromatic N) is 3. The molecule has 0 atom stereocenters. The Labute approximate surface area is 169 Å². The van der Waals surface area contributed by atoms with Crippen molar-refractivity contribution in [3.05, 3.63) is 65.5 Å². The molecule has 3 rings (SSSR count). The first-order chi connectivity index (χ1) is 13.7. The molecule has 28 heavy (non-hydrogen) atoms. The summed E-state index contributed by atoms with van der Waals surface area (Å²) in [5.74, 6) is 0.174. The summed E-state index contributed by atoms with van der Waals surface area (Å²) in [6.45, 7) is 8.41. The van der Waals surface area contributed by atoms with Crippen LogP contribution in [0.5, 0.6) is 0 Å². The van der Waals surface area contributed by atoms with Crippen molar-refractivity contribution in [2.24, 2.45) is 0 Å². The third-order valence-electron chi connectivity index (χ3n) is 5.84. The number of rotatable bonds is 8. The van der Waals surface area contributed by atoms with E-state index in [4.69, 9.17) is 0 Å². The largest absolute Gasteiger partial charge is 0.339 e. The van der Waals surface area contributed by atoms with Gasteiger partial charge >= 0.3 is 0 Å². The van der Waals surface area contributed by atoms with Gasteiger partial charge in [-0.1, -0.05) is 25.1 Å². The number of benzene rings is 1. The van der Waals surface area contributed by atoms with Crippen LogP contribution in [0.2, 0.25) is 0 Å². The smallest absolute Gasteiger partial charge is 0.253 e. The third-order valence-corrected chi connectivity index (χ3v) is 5.84. The summed E-state index contributed by atoms with van der Waals surface area (Å²) >= 11 is 0. The Morgan fingerprint density at radius 2 is 1.89 bits per heavy atom. The molecule has 0 saturated carbocycles. The molecule has 1 saturated heterocycles. The number of amides is 1. The van der Waals surface area contributed by atoms with Crippen LogP contribution in [0.3, 0.4) is 0 Å². The van der Waals surface area contributed by atoms with E-state index in [1.54, 1.807) is 0 Å². The molecular formula is C24H33N3O. The van der Waals surface area contributed by atoms with Crippen molar-refractivity contribution in [3.8, 4) is 0 Å². The Hall–Kier alpha value is -2.20. The lowest BCUT2D eigenvalue weighted by molar-refractivity contribution is 0.0616. The Morgan fingerprint density at radius 1 is 1.14 bits per heavy atom. The molecule has 1 fully saturated rings. The Bertz CT molecular complexity index is 739. The predicted molar refractivity (Wildman–Crippen MR) is 115 cm³/mol. The Kier molecular flexibility index (Phi) is 7.61. The summed E-state index contributed by atoms with van der Waals surface area (Å²) in [7, 11) is 0. The first-order valence-electron chi connectivity index (χ1n) is 10.7. The highest BCUT2D eigenvalue weighted by Gasteiger charge is 2.26. The summed E-state index contributed by atoms with van der Waals surface area (Å²) in [5.41, 5.74) is 3.50. The summed E-state index contributed by atoms with van der Waals surface area (Å²) in [4.78, 5) is 21.6. The van der Waals surface area contributed by atoms with E-state index < -0.39 is 0 Å². The van der Waals surface area contributed by atoms with Crippen molar-refractivity contribution in [1.82, 2.24) is 14.8 Å². The average Bonchev–Trinajstić information content (AvgIpc) is 2.75. The van der Waals surface area contributed by atoms with Gasteiger partial charge in [0, 0.05) is 37.1 Å². The quantitative estimate of drug-likeness (QED) is 0.685. The second-order valence-corrected chi connectivity index (χ2v) is 7.83. The molecule has 2 heterocycles. The van der Waals surface area contributed by atoms with Gasteiger partial charge in [0.1, 0.15) is 0 Å². The molecular weight excluding hydrogens is 346 g/mol. The van der Waals surface area contributed by atoms with Gasteiger partial charge in [0.25, 0.3) is 5.91 Å². The van der Waals surface area contributed by atoms with Crippen molar-refractivity contribution in [2.45, 2.75) is 52.0 Å². The molecule has 1 aromatic heterocycles. The molecule has 0 spiro atoms. The number of piperidine rings is 1. The molecule has 0 aliphatic carbocycles. The van der Waals surface area contributed by atoms with Gasteiger partial charge in [-0.3, -0.25) is 9.78 Å². The van der Waals surface area contributed by atoms with Gasteiger partial charge in [-0.05, 0) is 81.4 Å². The Balaban J connectivity index is 1.50. The van der Waals surface area contributed by atoms with Crippen LogP contribution >= 0.6 is 0 Å². The van der Waals surface area contributed by atoms with Crippen molar-refractivity contribution >= 4 is 5.91 Å². The van der Waals surface area contributed by atoms with Gasteiger partial charge in [0.2, 0.25) is 0 Å². The fourth-order valence-electron chi connectivity index (χ4n) is 4.19. The summed E-state index contributed by atoms with van der Waals surface area (Å²) < 4.78 is 0. The minimum atomic E-state index is 0.174. The van der Waals surface area contributed by atoms with Crippen LogP contribution in [0.1, 0.15) is 54.1 Å². The maximum absolute atomic E-state index is 12.7. The molecule has 4 heteroatoms. The normalized spacial score (nSPS) is 15.2. The van der Waals surface area contributed by atoms with Crippen molar-refractivity contribution in [1.29, 1.82) is 0 Å². The lowest BCUT2D eigenvalue weighted by Gasteiger charge is -2.38. The van der Waals surface area contributed by atoms with Gasteiger partial charge in [-0.25, -0.2) is 0 Å². The van der Waals surface area contributed by atoms with E-state index in [-0.39, 0.29) is 5.91 Å². The zero-order valence-electron chi connectivity index (χ0n) is 17.3. The maximum Gasteiger partial charge on any atom is 0.253 e. The molecule has 0 bridgehead atoms. The lowest BCUT2D eigenvalue weighted by Crippen LogP contribution is -2.47. The highest BCUT2D eigenvalue weighted by Crippen LogP contribution is 2.20. The van der Waals surface area contributed by atoms with Crippen molar-refractivity contribution in [3.63, 3.8) is 0 Å². The molecule has 0 unspecified atom stereocenters. The van der Waals surface area contributed by atoms with Crippen LogP contribution in [0.25, 0.3) is 0 Å². The lowest BCUT2D eigenvalue weighted by atomic mass is 10.0. The first-order valence-corrected chi connectivity index (χ1v) is 10.7. The van der Waals surface area contributed by atoms with Crippen molar-refractivity contribution in [2.75, 3.05) is 26.2 Å². The zero-order valence-corrected chi connectivity index (χ0v) is 17.3. The topological polar surface area (TPSA) is 36.4 Å². The average molecular weight is 380 g/mol. The molecule has 150 valence electrons. The second-order valence-electron chi connectivity index (χ2n) is 7.83. The van der Waals surface area contributed by atoms with Gasteiger partial charge in [-0.2, -0.15) is 0 Å². The summed E-state index contributed by atoms with van der Waals surface area (Å²) in [5, 5.41) is 0. The minimum Gasteiger partial charge on any atom is -0.339 e. The van der Waals surface area contributed by atoms with E-state index >= 15 is 0 Å². The van der Waals surface area contributed by atoms with Crippen LogP contribution in [0.4, 0.5) is 0 Å². The standard InChI is InChI=1S/C24H33N3O/c1-3-15-26(16-7-10-22-19-25-14-11-20(22)2)23-12-17-27(18-13-23)24(28)21-8-5-4-6-9-21/h4-6,8-9,11,14,19,23H,3,7,10,12-13,15-18H2,1-2H3. The molecule has 1 amide bonds. The number of likely N-dealkylation sites (tertiary alicyclic amines) is 1. The number of carbonyl (C=O) groups excluding carboxylic acids is 1. The number of hydrogen-bond donors (Lipinski definition) is 0. The molecule has 4 nitrogen and oxygen atoms in total. The fraction of sp³-hybridized carbons (Fsp3) is 0.500. The zero-order chi connectivity index (χ0) is 19.8. The number of pyridine rings is 1. The molecule has 2 aromatic rings. The highest BCUT2D eigenvalue weighted by atomic mass is 16.2.